The van der Waals surface area contributed by atoms with E-state index in [2.05, 4.69) is 15.4 Å². The molecule has 26 heavy (non-hydrogen) atoms. The van der Waals surface area contributed by atoms with Crippen LogP contribution in [-0.4, -0.2) is 47.3 Å². The third-order valence-electron chi connectivity index (χ3n) is 3.77. The smallest absolute Gasteiger partial charge is 0.205 e. The summed E-state index contributed by atoms with van der Waals surface area (Å²) in [6.07, 6.45) is 0. The van der Waals surface area contributed by atoms with Crippen LogP contribution in [0.15, 0.2) is 42.5 Å². The van der Waals surface area contributed by atoms with E-state index in [-0.39, 0.29) is 12.3 Å². The van der Waals surface area contributed by atoms with Crippen LogP contribution in [0.3, 0.4) is 0 Å². The van der Waals surface area contributed by atoms with Gasteiger partial charge in [0.05, 0.1) is 21.3 Å². The first kappa shape index (κ1) is 17.4. The highest BCUT2D eigenvalue weighted by atomic mass is 16.5. The maximum absolute atomic E-state index is 12.5. The standard InChI is InChI=1S/C18H18N4O4/c1-24-14-6-4-5-13(9-14)18-19-21-22(20-18)11-15(23)12-7-8-16(25-2)17(10-12)26-3/h4-10H,11H2,1-3H3. The highest BCUT2D eigenvalue weighted by Crippen LogP contribution is 2.27. The lowest BCUT2D eigenvalue weighted by atomic mass is 10.1. The van der Waals surface area contributed by atoms with Gasteiger partial charge in [0.2, 0.25) is 5.82 Å². The Balaban J connectivity index is 1.77. The monoisotopic (exact) mass is 354 g/mol. The lowest BCUT2D eigenvalue weighted by Gasteiger charge is -2.08. The Morgan fingerprint density at radius 1 is 1.00 bits per heavy atom. The van der Waals surface area contributed by atoms with E-state index in [4.69, 9.17) is 14.2 Å². The average molecular weight is 354 g/mol. The zero-order valence-corrected chi connectivity index (χ0v) is 14.7. The molecule has 0 N–H and O–H groups in total. The van der Waals surface area contributed by atoms with Crippen LogP contribution >= 0.6 is 0 Å². The van der Waals surface area contributed by atoms with Gasteiger partial charge in [-0.3, -0.25) is 4.79 Å². The van der Waals surface area contributed by atoms with Gasteiger partial charge < -0.3 is 14.2 Å². The van der Waals surface area contributed by atoms with Crippen LogP contribution in [0.2, 0.25) is 0 Å². The van der Waals surface area contributed by atoms with Crippen molar-refractivity contribution in [3.63, 3.8) is 0 Å². The normalized spacial score (nSPS) is 10.4. The van der Waals surface area contributed by atoms with Gasteiger partial charge in [-0.1, -0.05) is 12.1 Å². The van der Waals surface area contributed by atoms with Gasteiger partial charge in [-0.2, -0.15) is 4.80 Å². The molecule has 1 heterocycles. The second-order valence-electron chi connectivity index (χ2n) is 5.37. The predicted octanol–water partition coefficient (Wildman–Crippen LogP) is 2.25. The number of methoxy groups -OCH3 is 3. The number of hydrogen-bond acceptors (Lipinski definition) is 7. The Labute approximate surface area is 150 Å². The van der Waals surface area contributed by atoms with Gasteiger partial charge in [0.15, 0.2) is 17.3 Å². The molecule has 8 heteroatoms. The lowest BCUT2D eigenvalue weighted by Crippen LogP contribution is -2.13. The lowest BCUT2D eigenvalue weighted by molar-refractivity contribution is 0.0961. The minimum Gasteiger partial charge on any atom is -0.497 e. The molecule has 3 aromatic rings. The van der Waals surface area contributed by atoms with Crippen molar-refractivity contribution < 1.29 is 19.0 Å². The third kappa shape index (κ3) is 3.64. The Bertz CT molecular complexity index is 923. The minimum absolute atomic E-state index is 0.0353. The number of carbonyl (C=O) groups excluding carboxylic acids is 1. The van der Waals surface area contributed by atoms with Crippen LogP contribution in [0.25, 0.3) is 11.4 Å². The summed E-state index contributed by atoms with van der Waals surface area (Å²) in [6.45, 7) is -0.0353. The molecule has 0 aliphatic carbocycles. The van der Waals surface area contributed by atoms with E-state index in [1.165, 1.54) is 11.9 Å². The second-order valence-corrected chi connectivity index (χ2v) is 5.37. The molecule has 0 saturated heterocycles. The maximum atomic E-state index is 12.5. The first-order chi connectivity index (χ1) is 12.6. The predicted molar refractivity (Wildman–Crippen MR) is 93.7 cm³/mol. The molecule has 0 fully saturated rings. The molecule has 0 atom stereocenters. The Morgan fingerprint density at radius 3 is 2.54 bits per heavy atom. The number of carbonyl (C=O) groups is 1. The molecule has 0 spiro atoms. The fourth-order valence-electron chi connectivity index (χ4n) is 2.42. The van der Waals surface area contributed by atoms with Gasteiger partial charge in [0, 0.05) is 11.1 Å². The van der Waals surface area contributed by atoms with Crippen molar-refractivity contribution in [3.8, 4) is 28.6 Å². The zero-order valence-electron chi connectivity index (χ0n) is 14.7. The highest BCUT2D eigenvalue weighted by Gasteiger charge is 2.14. The van der Waals surface area contributed by atoms with Crippen molar-refractivity contribution in [2.24, 2.45) is 0 Å². The summed E-state index contributed by atoms with van der Waals surface area (Å²) >= 11 is 0. The van der Waals surface area contributed by atoms with E-state index in [1.54, 1.807) is 38.5 Å². The number of tetrazole rings is 1. The summed E-state index contributed by atoms with van der Waals surface area (Å²) in [5.41, 5.74) is 1.23. The zero-order chi connectivity index (χ0) is 18.5. The first-order valence-electron chi connectivity index (χ1n) is 7.82. The Kier molecular flexibility index (Phi) is 5.12. The summed E-state index contributed by atoms with van der Waals surface area (Å²) in [7, 11) is 4.65. The molecule has 0 bridgehead atoms. The van der Waals surface area contributed by atoms with Crippen molar-refractivity contribution in [1.82, 2.24) is 20.2 Å². The molecule has 0 radical (unpaired) electrons. The van der Waals surface area contributed by atoms with Crippen LogP contribution in [0.4, 0.5) is 0 Å². The first-order valence-corrected chi connectivity index (χ1v) is 7.82. The average Bonchev–Trinajstić information content (AvgIpc) is 3.15. The van der Waals surface area contributed by atoms with Crippen molar-refractivity contribution in [2.45, 2.75) is 6.54 Å². The molecule has 0 amide bonds. The molecule has 0 unspecified atom stereocenters. The molecule has 8 nitrogen and oxygen atoms in total. The van der Waals surface area contributed by atoms with E-state index in [0.717, 1.165) is 5.56 Å². The largest absolute Gasteiger partial charge is 0.497 e. The van der Waals surface area contributed by atoms with E-state index >= 15 is 0 Å². The summed E-state index contributed by atoms with van der Waals surface area (Å²) in [6, 6.07) is 12.3. The molecule has 0 aliphatic rings. The van der Waals surface area contributed by atoms with Gasteiger partial charge in [-0.25, -0.2) is 0 Å². The van der Waals surface area contributed by atoms with Crippen LogP contribution in [-0.2, 0) is 6.54 Å². The number of hydrogen-bond donors (Lipinski definition) is 0. The highest BCUT2D eigenvalue weighted by molar-refractivity contribution is 5.96. The van der Waals surface area contributed by atoms with Gasteiger partial charge in [0.25, 0.3) is 0 Å². The third-order valence-corrected chi connectivity index (χ3v) is 3.77. The number of ketones is 1. The molecular weight excluding hydrogens is 336 g/mol. The number of nitrogens with zero attached hydrogens (tertiary/aromatic N) is 4. The van der Waals surface area contributed by atoms with Crippen molar-refractivity contribution >= 4 is 5.78 Å². The molecule has 0 aliphatic heterocycles. The Hall–Kier alpha value is -3.42. The minimum atomic E-state index is -0.166. The van der Waals surface area contributed by atoms with E-state index < -0.39 is 0 Å². The van der Waals surface area contributed by atoms with E-state index in [9.17, 15) is 4.79 Å². The van der Waals surface area contributed by atoms with Crippen LogP contribution in [0.1, 0.15) is 10.4 Å². The van der Waals surface area contributed by atoms with Gasteiger partial charge >= 0.3 is 0 Å². The Morgan fingerprint density at radius 2 is 1.81 bits per heavy atom. The molecule has 0 saturated carbocycles. The van der Waals surface area contributed by atoms with Gasteiger partial charge in [-0.15, -0.1) is 10.2 Å². The fourth-order valence-corrected chi connectivity index (χ4v) is 2.42. The van der Waals surface area contributed by atoms with Crippen molar-refractivity contribution in [2.75, 3.05) is 21.3 Å². The van der Waals surface area contributed by atoms with Crippen LogP contribution in [0, 0.1) is 0 Å². The number of aromatic nitrogens is 4. The molecule has 3 rings (SSSR count). The van der Waals surface area contributed by atoms with Crippen LogP contribution < -0.4 is 14.2 Å². The number of rotatable bonds is 7. The number of ether oxygens (including phenoxy) is 3. The summed E-state index contributed by atoms with van der Waals surface area (Å²) in [4.78, 5) is 13.7. The number of benzene rings is 2. The second kappa shape index (κ2) is 7.64. The van der Waals surface area contributed by atoms with E-state index in [0.29, 0.717) is 28.6 Å². The topological polar surface area (TPSA) is 88.4 Å². The quantitative estimate of drug-likeness (QED) is 0.601. The fraction of sp³-hybridized carbons (Fsp3) is 0.222. The molecule has 134 valence electrons. The van der Waals surface area contributed by atoms with Gasteiger partial charge in [0.1, 0.15) is 12.3 Å². The SMILES string of the molecule is COc1cccc(-c2nnn(CC(=O)c3ccc(OC)c(OC)c3)n2)c1. The summed E-state index contributed by atoms with van der Waals surface area (Å²) < 4.78 is 15.6. The number of Topliss-reactive ketones (excluding diaryl/α,β-unsaturated/α-hetero) is 1. The molecule has 2 aromatic carbocycles. The van der Waals surface area contributed by atoms with Crippen LogP contribution in [0.5, 0.6) is 17.2 Å². The van der Waals surface area contributed by atoms with Crippen molar-refractivity contribution in [1.29, 1.82) is 0 Å². The summed E-state index contributed by atoms with van der Waals surface area (Å²) in [5.74, 6) is 2.00. The van der Waals surface area contributed by atoms with E-state index in [1.807, 2.05) is 18.2 Å². The van der Waals surface area contributed by atoms with Crippen molar-refractivity contribution in [3.05, 3.63) is 48.0 Å². The molecule has 1 aromatic heterocycles. The maximum Gasteiger partial charge on any atom is 0.205 e. The summed E-state index contributed by atoms with van der Waals surface area (Å²) in [5, 5.41) is 12.2. The molecular formula is C18H18N4O4. The van der Waals surface area contributed by atoms with Gasteiger partial charge in [-0.05, 0) is 35.5 Å².